The van der Waals surface area contributed by atoms with Gasteiger partial charge >= 0.3 is 5.97 Å². The Labute approximate surface area is 89.9 Å². The predicted octanol–water partition coefficient (Wildman–Crippen LogP) is 3.16. The number of rotatable bonds is 2. The van der Waals surface area contributed by atoms with E-state index in [2.05, 4.69) is 0 Å². The molecule has 1 N–H and O–H groups in total. The maximum Gasteiger partial charge on any atom is 0.310 e. The van der Waals surface area contributed by atoms with Crippen LogP contribution in [-0.4, -0.2) is 16.7 Å². The number of alkyl halides is 1. The highest BCUT2D eigenvalue weighted by molar-refractivity contribution is 5.77. The van der Waals surface area contributed by atoms with Crippen molar-refractivity contribution in [2.24, 2.45) is 11.3 Å². The molecule has 2 aliphatic carbocycles. The third-order valence-electron chi connectivity index (χ3n) is 4.18. The van der Waals surface area contributed by atoms with Gasteiger partial charge in [-0.3, -0.25) is 4.79 Å². The summed E-state index contributed by atoms with van der Waals surface area (Å²) in [6.07, 6.45) is 5.83. The summed E-state index contributed by atoms with van der Waals surface area (Å²) in [6, 6.07) is 0. The van der Waals surface area contributed by atoms with Gasteiger partial charge in [-0.25, -0.2) is 4.39 Å². The van der Waals surface area contributed by atoms with Gasteiger partial charge in [0.15, 0.2) is 0 Å². The lowest BCUT2D eigenvalue weighted by Crippen LogP contribution is -2.56. The van der Waals surface area contributed by atoms with Crippen molar-refractivity contribution >= 4 is 5.97 Å². The van der Waals surface area contributed by atoms with Crippen LogP contribution in [-0.2, 0) is 4.79 Å². The van der Waals surface area contributed by atoms with Crippen molar-refractivity contribution in [2.75, 3.05) is 0 Å². The molecule has 2 saturated carbocycles. The summed E-state index contributed by atoms with van der Waals surface area (Å²) in [5, 5.41) is 9.30. The summed E-state index contributed by atoms with van der Waals surface area (Å²) in [5.74, 6) is -0.558. The van der Waals surface area contributed by atoms with E-state index in [1.165, 1.54) is 13.3 Å². The standard InChI is InChI=1S/C12H19FO2/c1-11(13)7-12(8-11,10(14)15)9-5-3-2-4-6-9/h9H,2-8H2,1H3,(H,14,15). The fraction of sp³-hybridized carbons (Fsp3) is 0.917. The van der Waals surface area contributed by atoms with E-state index >= 15 is 0 Å². The van der Waals surface area contributed by atoms with E-state index in [9.17, 15) is 14.3 Å². The molecule has 0 aromatic heterocycles. The largest absolute Gasteiger partial charge is 0.481 e. The summed E-state index contributed by atoms with van der Waals surface area (Å²) < 4.78 is 13.6. The van der Waals surface area contributed by atoms with Crippen molar-refractivity contribution < 1.29 is 14.3 Å². The lowest BCUT2D eigenvalue weighted by Gasteiger charge is -2.52. The summed E-state index contributed by atoms with van der Waals surface area (Å²) in [6.45, 7) is 1.52. The van der Waals surface area contributed by atoms with Crippen molar-refractivity contribution in [1.82, 2.24) is 0 Å². The van der Waals surface area contributed by atoms with Crippen molar-refractivity contribution in [3.8, 4) is 0 Å². The molecule has 2 rings (SSSR count). The number of carboxylic acids is 1. The summed E-state index contributed by atoms with van der Waals surface area (Å²) >= 11 is 0. The second-order valence-electron chi connectivity index (χ2n) is 5.56. The molecule has 0 aliphatic heterocycles. The van der Waals surface area contributed by atoms with Crippen LogP contribution in [0.15, 0.2) is 0 Å². The van der Waals surface area contributed by atoms with Gasteiger partial charge in [-0.15, -0.1) is 0 Å². The molecule has 2 aliphatic rings. The minimum absolute atomic E-state index is 0.215. The zero-order valence-corrected chi connectivity index (χ0v) is 9.26. The molecule has 15 heavy (non-hydrogen) atoms. The van der Waals surface area contributed by atoms with Crippen LogP contribution in [0.25, 0.3) is 0 Å². The molecule has 86 valence electrons. The Hall–Kier alpha value is -0.600. The lowest BCUT2D eigenvalue weighted by atomic mass is 9.52. The van der Waals surface area contributed by atoms with Crippen LogP contribution >= 0.6 is 0 Å². The van der Waals surface area contributed by atoms with Crippen molar-refractivity contribution in [2.45, 2.75) is 57.5 Å². The summed E-state index contributed by atoms with van der Waals surface area (Å²) in [5.41, 5.74) is -1.97. The predicted molar refractivity (Wildman–Crippen MR) is 55.4 cm³/mol. The number of aliphatic carboxylic acids is 1. The number of carbonyl (C=O) groups is 1. The molecule has 0 aromatic carbocycles. The summed E-state index contributed by atoms with van der Waals surface area (Å²) in [7, 11) is 0. The smallest absolute Gasteiger partial charge is 0.310 e. The van der Waals surface area contributed by atoms with E-state index in [4.69, 9.17) is 0 Å². The lowest BCUT2D eigenvalue weighted by molar-refractivity contribution is -0.178. The number of carboxylic acid groups (broad SMARTS) is 1. The average molecular weight is 214 g/mol. The molecule has 2 nitrogen and oxygen atoms in total. The number of hydrogen-bond acceptors (Lipinski definition) is 1. The molecular weight excluding hydrogens is 195 g/mol. The second kappa shape index (κ2) is 3.46. The molecule has 0 bridgehead atoms. The van der Waals surface area contributed by atoms with Gasteiger partial charge in [0.1, 0.15) is 5.67 Å². The molecule has 0 saturated heterocycles. The Kier molecular flexibility index (Phi) is 2.52. The van der Waals surface area contributed by atoms with Crippen LogP contribution in [0.5, 0.6) is 0 Å². The zero-order chi connectivity index (χ0) is 11.1. The van der Waals surface area contributed by atoms with E-state index in [-0.39, 0.29) is 18.8 Å². The first-order valence-electron chi connectivity index (χ1n) is 5.89. The van der Waals surface area contributed by atoms with E-state index in [0.29, 0.717) is 0 Å². The number of hydrogen-bond donors (Lipinski definition) is 1. The Morgan fingerprint density at radius 3 is 2.20 bits per heavy atom. The van der Waals surface area contributed by atoms with Crippen LogP contribution in [0, 0.1) is 11.3 Å². The summed E-state index contributed by atoms with van der Waals surface area (Å²) in [4.78, 5) is 11.3. The molecular formula is C12H19FO2. The SMILES string of the molecule is CC1(F)CC(C(=O)O)(C2CCCCC2)C1. The van der Waals surface area contributed by atoms with E-state index < -0.39 is 17.1 Å². The Morgan fingerprint density at radius 1 is 1.27 bits per heavy atom. The molecule has 0 spiro atoms. The Balaban J connectivity index is 2.10. The highest BCUT2D eigenvalue weighted by atomic mass is 19.1. The van der Waals surface area contributed by atoms with Gasteiger partial charge < -0.3 is 5.11 Å². The van der Waals surface area contributed by atoms with Crippen LogP contribution in [0.1, 0.15) is 51.9 Å². The second-order valence-corrected chi connectivity index (χ2v) is 5.56. The molecule has 3 heteroatoms. The third kappa shape index (κ3) is 1.77. The van der Waals surface area contributed by atoms with Gasteiger partial charge in [0, 0.05) is 0 Å². The van der Waals surface area contributed by atoms with Crippen molar-refractivity contribution in [1.29, 1.82) is 0 Å². The van der Waals surface area contributed by atoms with Gasteiger partial charge in [0.2, 0.25) is 0 Å². The monoisotopic (exact) mass is 214 g/mol. The maximum absolute atomic E-state index is 13.6. The van der Waals surface area contributed by atoms with Crippen molar-refractivity contribution in [3.05, 3.63) is 0 Å². The first-order valence-corrected chi connectivity index (χ1v) is 5.89. The normalized spacial score (nSPS) is 42.3. The molecule has 0 unspecified atom stereocenters. The van der Waals surface area contributed by atoms with Crippen LogP contribution in [0.3, 0.4) is 0 Å². The molecule has 0 radical (unpaired) electrons. The zero-order valence-electron chi connectivity index (χ0n) is 9.26. The van der Waals surface area contributed by atoms with Crippen molar-refractivity contribution in [3.63, 3.8) is 0 Å². The minimum Gasteiger partial charge on any atom is -0.481 e. The van der Waals surface area contributed by atoms with E-state index in [0.717, 1.165) is 25.7 Å². The molecule has 0 atom stereocenters. The molecule has 0 aromatic rings. The van der Waals surface area contributed by atoms with Gasteiger partial charge in [-0.1, -0.05) is 19.3 Å². The molecule has 0 heterocycles. The van der Waals surface area contributed by atoms with Gasteiger partial charge in [0.25, 0.3) is 0 Å². The quantitative estimate of drug-likeness (QED) is 0.766. The van der Waals surface area contributed by atoms with Gasteiger partial charge in [0.05, 0.1) is 5.41 Å². The van der Waals surface area contributed by atoms with Crippen LogP contribution in [0.4, 0.5) is 4.39 Å². The van der Waals surface area contributed by atoms with Gasteiger partial charge in [-0.2, -0.15) is 0 Å². The minimum atomic E-state index is -1.24. The molecule has 0 amide bonds. The topological polar surface area (TPSA) is 37.3 Å². The highest BCUT2D eigenvalue weighted by Crippen LogP contribution is 2.58. The fourth-order valence-electron chi connectivity index (χ4n) is 3.53. The fourth-order valence-corrected chi connectivity index (χ4v) is 3.53. The van der Waals surface area contributed by atoms with E-state index in [1.54, 1.807) is 0 Å². The average Bonchev–Trinajstić information content (AvgIpc) is 2.14. The Morgan fingerprint density at radius 2 is 1.80 bits per heavy atom. The molecule has 2 fully saturated rings. The van der Waals surface area contributed by atoms with E-state index in [1.807, 2.05) is 0 Å². The highest BCUT2D eigenvalue weighted by Gasteiger charge is 2.61. The number of halogens is 1. The third-order valence-corrected chi connectivity index (χ3v) is 4.18. The van der Waals surface area contributed by atoms with Crippen LogP contribution < -0.4 is 0 Å². The van der Waals surface area contributed by atoms with Gasteiger partial charge in [-0.05, 0) is 38.5 Å². The van der Waals surface area contributed by atoms with Crippen LogP contribution in [0.2, 0.25) is 0 Å². The maximum atomic E-state index is 13.6. The first-order chi connectivity index (χ1) is 6.96. The Bertz CT molecular complexity index is 259. The first kappa shape index (κ1) is 10.9.